The lowest BCUT2D eigenvalue weighted by atomic mass is 9.95. The molecule has 1 atom stereocenters. The number of aryl methyl sites for hydroxylation is 1. The lowest BCUT2D eigenvalue weighted by Gasteiger charge is -2.14. The summed E-state index contributed by atoms with van der Waals surface area (Å²) in [7, 11) is 0. The van der Waals surface area contributed by atoms with Gasteiger partial charge in [0.25, 0.3) is 0 Å². The smallest absolute Gasteiger partial charge is 0.223 e. The van der Waals surface area contributed by atoms with Gasteiger partial charge in [-0.2, -0.15) is 0 Å². The van der Waals surface area contributed by atoms with Crippen LogP contribution in [0.3, 0.4) is 0 Å². The normalized spacial score (nSPS) is 11.9. The Hall–Kier alpha value is -2.81. The lowest BCUT2D eigenvalue weighted by Crippen LogP contribution is -2.33. The van der Waals surface area contributed by atoms with Crippen LogP contribution in [0.5, 0.6) is 5.75 Å². The number of nitrogens with one attached hydrogen (secondary N) is 1. The number of hydrogen-bond acceptors (Lipinski definition) is 2. The third kappa shape index (κ3) is 5.35. The van der Waals surface area contributed by atoms with E-state index in [0.29, 0.717) is 13.2 Å². The van der Waals surface area contributed by atoms with Gasteiger partial charge in [0.1, 0.15) is 12.4 Å². The number of amides is 1. The van der Waals surface area contributed by atoms with Crippen molar-refractivity contribution in [3.05, 3.63) is 77.9 Å². The summed E-state index contributed by atoms with van der Waals surface area (Å²) >= 11 is 0. The molecule has 0 aromatic heterocycles. The third-order valence-electron chi connectivity index (χ3n) is 4.99. The quantitative estimate of drug-likeness (QED) is 0.524. The maximum absolute atomic E-state index is 12.4. The van der Waals surface area contributed by atoms with Crippen molar-refractivity contribution >= 4 is 16.7 Å². The number of rotatable bonds is 9. The average molecular weight is 376 g/mol. The molecular weight excluding hydrogens is 346 g/mol. The van der Waals surface area contributed by atoms with Crippen molar-refractivity contribution in [2.45, 2.75) is 33.1 Å². The van der Waals surface area contributed by atoms with Crippen LogP contribution in [0.25, 0.3) is 10.8 Å². The van der Waals surface area contributed by atoms with Crippen molar-refractivity contribution in [1.29, 1.82) is 0 Å². The molecule has 0 saturated heterocycles. The number of benzene rings is 3. The highest BCUT2D eigenvalue weighted by Crippen LogP contribution is 2.21. The van der Waals surface area contributed by atoms with E-state index < -0.39 is 0 Å². The number of hydrogen-bond donors (Lipinski definition) is 1. The van der Waals surface area contributed by atoms with Crippen LogP contribution in [0.4, 0.5) is 0 Å². The molecular formula is C25H29NO2. The Labute approximate surface area is 167 Å². The summed E-state index contributed by atoms with van der Waals surface area (Å²) in [6.07, 6.45) is 2.96. The first-order valence-electron chi connectivity index (χ1n) is 10.1. The molecule has 28 heavy (non-hydrogen) atoms. The Morgan fingerprint density at radius 3 is 2.54 bits per heavy atom. The number of fused-ring (bicyclic) bond motifs is 1. The standard InChI is InChI=1S/C25H29NO2/c1-3-7-20-12-14-23(15-13-20)28-17-16-26-25(27)19(2)18-22-10-6-9-21-8-4-5-11-24(21)22/h4-6,8-15,19H,3,7,16-18H2,1-2H3,(H,26,27)/t19-/m1/s1. The van der Waals surface area contributed by atoms with E-state index in [9.17, 15) is 4.79 Å². The van der Waals surface area contributed by atoms with E-state index in [0.717, 1.165) is 25.0 Å². The third-order valence-corrected chi connectivity index (χ3v) is 4.99. The number of carbonyl (C=O) groups is 1. The van der Waals surface area contributed by atoms with Gasteiger partial charge in [-0.05, 0) is 46.9 Å². The van der Waals surface area contributed by atoms with E-state index in [2.05, 4.69) is 54.7 Å². The van der Waals surface area contributed by atoms with Crippen molar-refractivity contribution < 1.29 is 9.53 Å². The summed E-state index contributed by atoms with van der Waals surface area (Å²) in [5.41, 5.74) is 2.54. The van der Waals surface area contributed by atoms with Crippen molar-refractivity contribution in [1.82, 2.24) is 5.32 Å². The molecule has 3 nitrogen and oxygen atoms in total. The Morgan fingerprint density at radius 2 is 1.75 bits per heavy atom. The molecule has 1 amide bonds. The van der Waals surface area contributed by atoms with Crippen LogP contribution in [-0.2, 0) is 17.6 Å². The SMILES string of the molecule is CCCc1ccc(OCCNC(=O)[C@H](C)Cc2cccc3ccccc23)cc1. The molecule has 0 unspecified atom stereocenters. The molecule has 146 valence electrons. The van der Waals surface area contributed by atoms with Crippen LogP contribution in [-0.4, -0.2) is 19.1 Å². The molecule has 0 heterocycles. The van der Waals surface area contributed by atoms with Crippen molar-refractivity contribution in [2.24, 2.45) is 5.92 Å². The highest BCUT2D eigenvalue weighted by atomic mass is 16.5. The monoisotopic (exact) mass is 375 g/mol. The molecule has 0 spiro atoms. The Bertz CT molecular complexity index is 897. The van der Waals surface area contributed by atoms with Crippen molar-refractivity contribution in [3.8, 4) is 5.75 Å². The van der Waals surface area contributed by atoms with Crippen LogP contribution in [0.1, 0.15) is 31.4 Å². The maximum atomic E-state index is 12.4. The van der Waals surface area contributed by atoms with E-state index in [1.54, 1.807) is 0 Å². The average Bonchev–Trinajstić information content (AvgIpc) is 2.72. The Morgan fingerprint density at radius 1 is 1.00 bits per heavy atom. The highest BCUT2D eigenvalue weighted by Gasteiger charge is 2.14. The van der Waals surface area contributed by atoms with Gasteiger partial charge in [-0.15, -0.1) is 0 Å². The molecule has 0 aliphatic carbocycles. The second-order valence-electron chi connectivity index (χ2n) is 7.28. The minimum absolute atomic E-state index is 0.0647. The summed E-state index contributed by atoms with van der Waals surface area (Å²) < 4.78 is 5.73. The van der Waals surface area contributed by atoms with Gasteiger partial charge in [0, 0.05) is 5.92 Å². The van der Waals surface area contributed by atoms with Gasteiger partial charge in [-0.25, -0.2) is 0 Å². The number of ether oxygens (including phenoxy) is 1. The van der Waals surface area contributed by atoms with Crippen LogP contribution in [0.2, 0.25) is 0 Å². The van der Waals surface area contributed by atoms with Gasteiger partial charge in [0.2, 0.25) is 5.91 Å². The molecule has 0 fully saturated rings. The lowest BCUT2D eigenvalue weighted by molar-refractivity contribution is -0.124. The molecule has 0 aliphatic heterocycles. The first-order chi connectivity index (χ1) is 13.7. The first kappa shape index (κ1) is 19.9. The molecule has 0 saturated carbocycles. The minimum Gasteiger partial charge on any atom is -0.492 e. The summed E-state index contributed by atoms with van der Waals surface area (Å²) in [6, 6.07) is 22.8. The fourth-order valence-corrected chi connectivity index (χ4v) is 3.45. The maximum Gasteiger partial charge on any atom is 0.223 e. The highest BCUT2D eigenvalue weighted by molar-refractivity contribution is 5.86. The van der Waals surface area contributed by atoms with Gasteiger partial charge in [0.05, 0.1) is 6.54 Å². The van der Waals surface area contributed by atoms with Gasteiger partial charge >= 0.3 is 0 Å². The zero-order chi connectivity index (χ0) is 19.8. The predicted octanol–water partition coefficient (Wildman–Crippen LogP) is 5.17. The summed E-state index contributed by atoms with van der Waals surface area (Å²) in [5.74, 6) is 0.826. The van der Waals surface area contributed by atoms with Gasteiger partial charge in [0.15, 0.2) is 0 Å². The minimum atomic E-state index is -0.0841. The second kappa shape index (κ2) is 9.93. The van der Waals surface area contributed by atoms with Gasteiger partial charge in [-0.3, -0.25) is 4.79 Å². The van der Waals surface area contributed by atoms with E-state index in [1.807, 2.05) is 31.2 Å². The molecule has 3 aromatic rings. The molecule has 0 radical (unpaired) electrons. The molecule has 0 bridgehead atoms. The molecule has 3 heteroatoms. The van der Waals surface area contributed by atoms with Gasteiger partial charge < -0.3 is 10.1 Å². The van der Waals surface area contributed by atoms with E-state index in [1.165, 1.54) is 21.9 Å². The zero-order valence-corrected chi connectivity index (χ0v) is 16.8. The van der Waals surface area contributed by atoms with Crippen molar-refractivity contribution in [3.63, 3.8) is 0 Å². The predicted molar refractivity (Wildman–Crippen MR) is 116 cm³/mol. The summed E-state index contributed by atoms with van der Waals surface area (Å²) in [5, 5.41) is 5.42. The number of carbonyl (C=O) groups excluding carboxylic acids is 1. The van der Waals surface area contributed by atoms with E-state index in [4.69, 9.17) is 4.74 Å². The molecule has 0 aliphatic rings. The fraction of sp³-hybridized carbons (Fsp3) is 0.320. The fourth-order valence-electron chi connectivity index (χ4n) is 3.45. The van der Waals surface area contributed by atoms with E-state index in [-0.39, 0.29) is 11.8 Å². The molecule has 3 aromatic carbocycles. The van der Waals surface area contributed by atoms with Crippen LogP contribution >= 0.6 is 0 Å². The van der Waals surface area contributed by atoms with E-state index >= 15 is 0 Å². The molecule has 1 N–H and O–H groups in total. The topological polar surface area (TPSA) is 38.3 Å². The summed E-state index contributed by atoms with van der Waals surface area (Å²) in [4.78, 5) is 12.4. The first-order valence-corrected chi connectivity index (χ1v) is 10.1. The zero-order valence-electron chi connectivity index (χ0n) is 16.8. The van der Waals surface area contributed by atoms with Crippen molar-refractivity contribution in [2.75, 3.05) is 13.2 Å². The van der Waals surface area contributed by atoms with Crippen LogP contribution < -0.4 is 10.1 Å². The van der Waals surface area contributed by atoms with Gasteiger partial charge in [-0.1, -0.05) is 74.9 Å². The molecule has 3 rings (SSSR count). The second-order valence-corrected chi connectivity index (χ2v) is 7.28. The van der Waals surface area contributed by atoms with Crippen LogP contribution in [0, 0.1) is 5.92 Å². The Kier molecular flexibility index (Phi) is 7.07. The summed E-state index contributed by atoms with van der Waals surface area (Å²) in [6.45, 7) is 5.13. The van der Waals surface area contributed by atoms with Crippen LogP contribution in [0.15, 0.2) is 66.7 Å². The Balaban J connectivity index is 1.45. The largest absolute Gasteiger partial charge is 0.492 e.